The Labute approximate surface area is 166 Å². The number of amides is 1. The average Bonchev–Trinajstić information content (AvgIpc) is 3.17. The Morgan fingerprint density at radius 1 is 1.26 bits per heavy atom. The fraction of sp³-hybridized carbons (Fsp3) is 0.545. The van der Waals surface area contributed by atoms with Gasteiger partial charge in [-0.3, -0.25) is 14.7 Å². The molecule has 1 unspecified atom stereocenters. The molecule has 5 heteroatoms. The molecule has 2 heterocycles. The number of carbonyl (C=O) groups excluding carboxylic acids is 1. The molecule has 1 fully saturated rings. The largest absolute Gasteiger partial charge is 0.354 e. The number of nitrogens with zero attached hydrogens (tertiary/aromatic N) is 2. The number of likely N-dealkylation sites (N-methyl/N-ethyl adjacent to an activating group) is 1. The lowest BCUT2D eigenvalue weighted by Crippen LogP contribution is -2.40. The molecular formula is C22H29N3OS. The SMILES string of the molecule is CCN1CCCC1CNC(=O)CSc1c2c(nc3ccccc13)CCCC2. The quantitative estimate of drug-likeness (QED) is 0.771. The summed E-state index contributed by atoms with van der Waals surface area (Å²) in [6, 6.07) is 8.87. The van der Waals surface area contributed by atoms with Gasteiger partial charge >= 0.3 is 0 Å². The van der Waals surface area contributed by atoms with Crippen molar-refractivity contribution in [2.45, 2.75) is 56.4 Å². The maximum atomic E-state index is 12.5. The van der Waals surface area contributed by atoms with Crippen molar-refractivity contribution in [3.8, 4) is 0 Å². The fourth-order valence-corrected chi connectivity index (χ4v) is 5.56. The predicted octanol–water partition coefficient (Wildman–Crippen LogP) is 3.81. The Hall–Kier alpha value is -1.59. The van der Waals surface area contributed by atoms with Gasteiger partial charge in [-0.1, -0.05) is 25.1 Å². The van der Waals surface area contributed by atoms with Gasteiger partial charge in [-0.05, 0) is 63.2 Å². The Morgan fingerprint density at radius 2 is 2.11 bits per heavy atom. The summed E-state index contributed by atoms with van der Waals surface area (Å²) in [7, 11) is 0. The summed E-state index contributed by atoms with van der Waals surface area (Å²) < 4.78 is 0. The number of pyridine rings is 1. The van der Waals surface area contributed by atoms with Gasteiger partial charge in [0.25, 0.3) is 0 Å². The van der Waals surface area contributed by atoms with Crippen molar-refractivity contribution >= 4 is 28.6 Å². The predicted molar refractivity (Wildman–Crippen MR) is 112 cm³/mol. The zero-order valence-electron chi connectivity index (χ0n) is 16.2. The Balaban J connectivity index is 1.44. The molecule has 2 aliphatic rings. The van der Waals surface area contributed by atoms with Crippen molar-refractivity contribution in [3.05, 3.63) is 35.5 Å². The van der Waals surface area contributed by atoms with Crippen LogP contribution in [0.2, 0.25) is 0 Å². The number of hydrogen-bond donors (Lipinski definition) is 1. The summed E-state index contributed by atoms with van der Waals surface area (Å²) in [5, 5.41) is 4.37. The van der Waals surface area contributed by atoms with Crippen LogP contribution in [0.1, 0.15) is 43.9 Å². The minimum Gasteiger partial charge on any atom is -0.354 e. The number of aryl methyl sites for hydroxylation is 1. The van der Waals surface area contributed by atoms with E-state index in [0.717, 1.165) is 31.4 Å². The third-order valence-electron chi connectivity index (χ3n) is 5.90. The second-order valence-corrected chi connectivity index (χ2v) is 8.59. The number of carbonyl (C=O) groups is 1. The van der Waals surface area contributed by atoms with Crippen molar-refractivity contribution in [1.82, 2.24) is 15.2 Å². The van der Waals surface area contributed by atoms with E-state index in [2.05, 4.69) is 35.3 Å². The van der Waals surface area contributed by atoms with Gasteiger partial charge in [-0.25, -0.2) is 0 Å². The Morgan fingerprint density at radius 3 is 3.00 bits per heavy atom. The number of benzene rings is 1. The van der Waals surface area contributed by atoms with E-state index >= 15 is 0 Å². The Kier molecular flexibility index (Phi) is 5.98. The number of aromatic nitrogens is 1. The lowest BCUT2D eigenvalue weighted by atomic mass is 9.94. The number of hydrogen-bond acceptors (Lipinski definition) is 4. The zero-order valence-corrected chi connectivity index (χ0v) is 17.0. The molecule has 2 aromatic rings. The number of nitrogens with one attached hydrogen (secondary N) is 1. The van der Waals surface area contributed by atoms with Crippen molar-refractivity contribution in [1.29, 1.82) is 0 Å². The molecule has 1 amide bonds. The Bertz CT molecular complexity index is 823. The summed E-state index contributed by atoms with van der Waals surface area (Å²) in [4.78, 5) is 21.1. The van der Waals surface area contributed by atoms with Gasteiger partial charge in [0.15, 0.2) is 0 Å². The number of fused-ring (bicyclic) bond motifs is 2. The van der Waals surface area contributed by atoms with Crippen molar-refractivity contribution in [2.75, 3.05) is 25.4 Å². The van der Waals surface area contributed by atoms with Crippen LogP contribution in [0.5, 0.6) is 0 Å². The van der Waals surface area contributed by atoms with Gasteiger partial charge in [-0.15, -0.1) is 11.8 Å². The summed E-state index contributed by atoms with van der Waals surface area (Å²) >= 11 is 1.70. The van der Waals surface area contributed by atoms with Crippen LogP contribution in [0.25, 0.3) is 10.9 Å². The molecule has 0 bridgehead atoms. The van der Waals surface area contributed by atoms with Crippen LogP contribution >= 0.6 is 11.8 Å². The second kappa shape index (κ2) is 8.61. The maximum Gasteiger partial charge on any atom is 0.230 e. The van der Waals surface area contributed by atoms with Crippen LogP contribution in [-0.2, 0) is 17.6 Å². The highest BCUT2D eigenvalue weighted by Gasteiger charge is 2.23. The lowest BCUT2D eigenvalue weighted by Gasteiger charge is -2.23. The van der Waals surface area contributed by atoms with Crippen LogP contribution in [-0.4, -0.2) is 47.2 Å². The molecule has 0 spiro atoms. The first-order valence-corrected chi connectivity index (χ1v) is 11.3. The normalized spacial score (nSPS) is 20.0. The summed E-state index contributed by atoms with van der Waals surface area (Å²) in [6.07, 6.45) is 7.04. The molecule has 1 aliphatic heterocycles. The number of thioether (sulfide) groups is 1. The lowest BCUT2D eigenvalue weighted by molar-refractivity contribution is -0.118. The van der Waals surface area contributed by atoms with E-state index in [1.54, 1.807) is 11.8 Å². The summed E-state index contributed by atoms with van der Waals surface area (Å²) in [5.41, 5.74) is 3.68. The number of para-hydroxylation sites is 1. The number of likely N-dealkylation sites (tertiary alicyclic amines) is 1. The van der Waals surface area contributed by atoms with E-state index in [1.807, 2.05) is 6.07 Å². The van der Waals surface area contributed by atoms with Crippen molar-refractivity contribution in [3.63, 3.8) is 0 Å². The molecule has 1 saturated heterocycles. The summed E-state index contributed by atoms with van der Waals surface area (Å²) in [5.74, 6) is 0.632. The molecule has 27 heavy (non-hydrogen) atoms. The molecule has 1 N–H and O–H groups in total. The third kappa shape index (κ3) is 4.14. The van der Waals surface area contributed by atoms with E-state index in [4.69, 9.17) is 4.98 Å². The minimum atomic E-state index is 0.147. The molecule has 1 aliphatic carbocycles. The van der Waals surface area contributed by atoms with Crippen molar-refractivity contribution in [2.24, 2.45) is 0 Å². The smallest absolute Gasteiger partial charge is 0.230 e. The molecule has 144 valence electrons. The van der Waals surface area contributed by atoms with E-state index < -0.39 is 0 Å². The standard InChI is InChI=1S/C22H29N3OS/c1-2-25-13-7-8-16(25)14-23-21(26)15-27-22-17-9-3-5-11-19(17)24-20-12-6-4-10-18(20)22/h3,5,9,11,16H,2,4,6-8,10,12-15H2,1H3,(H,23,26). The maximum absolute atomic E-state index is 12.5. The molecule has 4 nitrogen and oxygen atoms in total. The minimum absolute atomic E-state index is 0.147. The molecule has 1 aromatic heterocycles. The van der Waals surface area contributed by atoms with E-state index in [9.17, 15) is 4.79 Å². The first-order chi connectivity index (χ1) is 13.3. The van der Waals surface area contributed by atoms with Gasteiger partial charge in [0.05, 0.1) is 11.3 Å². The molecule has 1 atom stereocenters. The van der Waals surface area contributed by atoms with Gasteiger partial charge in [0.2, 0.25) is 5.91 Å². The van der Waals surface area contributed by atoms with E-state index in [0.29, 0.717) is 11.8 Å². The van der Waals surface area contributed by atoms with Gasteiger partial charge in [-0.2, -0.15) is 0 Å². The van der Waals surface area contributed by atoms with Crippen molar-refractivity contribution < 1.29 is 4.79 Å². The van der Waals surface area contributed by atoms with Crippen LogP contribution in [0, 0.1) is 0 Å². The molecule has 4 rings (SSSR count). The highest BCUT2D eigenvalue weighted by molar-refractivity contribution is 8.00. The topological polar surface area (TPSA) is 45.2 Å². The molecule has 0 saturated carbocycles. The van der Waals surface area contributed by atoms with Crippen LogP contribution in [0.4, 0.5) is 0 Å². The van der Waals surface area contributed by atoms with Gasteiger partial charge < -0.3 is 5.32 Å². The molecule has 1 aromatic carbocycles. The van der Waals surface area contributed by atoms with Crippen LogP contribution in [0.15, 0.2) is 29.2 Å². The van der Waals surface area contributed by atoms with E-state index in [1.165, 1.54) is 53.8 Å². The van der Waals surface area contributed by atoms with Crippen LogP contribution < -0.4 is 5.32 Å². The molecule has 0 radical (unpaired) electrons. The van der Waals surface area contributed by atoms with E-state index in [-0.39, 0.29) is 5.91 Å². The van der Waals surface area contributed by atoms with Crippen LogP contribution in [0.3, 0.4) is 0 Å². The number of rotatable bonds is 6. The summed E-state index contributed by atoms with van der Waals surface area (Å²) in [6.45, 7) is 5.22. The first kappa shape index (κ1) is 18.8. The average molecular weight is 384 g/mol. The highest BCUT2D eigenvalue weighted by Crippen LogP contribution is 2.35. The monoisotopic (exact) mass is 383 g/mol. The zero-order chi connectivity index (χ0) is 18.6. The van der Waals surface area contributed by atoms with Gasteiger partial charge in [0.1, 0.15) is 0 Å². The van der Waals surface area contributed by atoms with Gasteiger partial charge in [0, 0.05) is 28.6 Å². The highest BCUT2D eigenvalue weighted by atomic mass is 32.2. The molecular weight excluding hydrogens is 354 g/mol. The third-order valence-corrected chi connectivity index (χ3v) is 7.07. The first-order valence-electron chi connectivity index (χ1n) is 10.3. The second-order valence-electron chi connectivity index (χ2n) is 7.61. The fourth-order valence-electron chi connectivity index (χ4n) is 4.46.